The fourth-order valence-corrected chi connectivity index (χ4v) is 2.49. The van der Waals surface area contributed by atoms with Crippen LogP contribution in [0.5, 0.6) is 0 Å². The van der Waals surface area contributed by atoms with Crippen molar-refractivity contribution in [2.75, 3.05) is 13.2 Å². The highest BCUT2D eigenvalue weighted by Gasteiger charge is 2.36. The highest BCUT2D eigenvalue weighted by atomic mass is 16.5. The molecule has 1 fully saturated rings. The van der Waals surface area contributed by atoms with Crippen molar-refractivity contribution in [3.05, 3.63) is 35.4 Å². The molecule has 1 aromatic rings. The maximum absolute atomic E-state index is 5.66. The average molecular weight is 248 g/mol. The Morgan fingerprint density at radius 1 is 1.39 bits per heavy atom. The third-order valence-electron chi connectivity index (χ3n) is 4.10. The van der Waals surface area contributed by atoms with Crippen molar-refractivity contribution in [3.8, 4) is 0 Å². The number of nitrogens with two attached hydrogens (primary N) is 1. The number of nitrogens with one attached hydrogen (secondary N) is 1. The van der Waals surface area contributed by atoms with Crippen LogP contribution in [0.25, 0.3) is 0 Å². The number of hydrogen-bond donors (Lipinski definition) is 2. The first kappa shape index (κ1) is 13.5. The van der Waals surface area contributed by atoms with Gasteiger partial charge in [0, 0.05) is 18.7 Å². The van der Waals surface area contributed by atoms with Gasteiger partial charge in [-0.25, -0.2) is 0 Å². The van der Waals surface area contributed by atoms with E-state index in [1.807, 2.05) is 0 Å². The molecule has 0 spiro atoms. The summed E-state index contributed by atoms with van der Waals surface area (Å²) in [4.78, 5) is 0. The van der Waals surface area contributed by atoms with E-state index in [4.69, 9.17) is 10.5 Å². The summed E-state index contributed by atoms with van der Waals surface area (Å²) >= 11 is 0. The fourth-order valence-electron chi connectivity index (χ4n) is 2.49. The van der Waals surface area contributed by atoms with Crippen molar-refractivity contribution in [3.63, 3.8) is 0 Å². The molecule has 0 aromatic heterocycles. The van der Waals surface area contributed by atoms with Gasteiger partial charge >= 0.3 is 0 Å². The molecule has 0 amide bonds. The van der Waals surface area contributed by atoms with Gasteiger partial charge in [-0.2, -0.15) is 0 Å². The van der Waals surface area contributed by atoms with E-state index in [2.05, 4.69) is 43.4 Å². The second kappa shape index (κ2) is 5.83. The van der Waals surface area contributed by atoms with E-state index >= 15 is 0 Å². The molecule has 1 heterocycles. The normalized spacial score (nSPS) is 27.6. The van der Waals surface area contributed by atoms with Crippen LogP contribution in [-0.2, 0) is 17.7 Å². The van der Waals surface area contributed by atoms with E-state index in [1.165, 1.54) is 11.1 Å². The molecule has 0 bridgehead atoms. The van der Waals surface area contributed by atoms with Gasteiger partial charge in [-0.15, -0.1) is 0 Å². The van der Waals surface area contributed by atoms with Crippen molar-refractivity contribution in [2.45, 2.75) is 44.9 Å². The van der Waals surface area contributed by atoms with Gasteiger partial charge < -0.3 is 15.8 Å². The van der Waals surface area contributed by atoms with Gasteiger partial charge in [0.1, 0.15) is 0 Å². The standard InChI is InChI=1S/C15H24N2O/c1-12-15(2,8-10-18-12)17-11-14-6-4-3-5-13(14)7-9-16/h3-6,12,17H,7-11,16H2,1-2H3. The molecule has 2 atom stereocenters. The van der Waals surface area contributed by atoms with Crippen molar-refractivity contribution < 1.29 is 4.74 Å². The summed E-state index contributed by atoms with van der Waals surface area (Å²) in [5.41, 5.74) is 8.45. The third kappa shape index (κ3) is 2.91. The molecule has 100 valence electrons. The Hall–Kier alpha value is -0.900. The summed E-state index contributed by atoms with van der Waals surface area (Å²) in [7, 11) is 0. The van der Waals surface area contributed by atoms with Gasteiger partial charge in [0.05, 0.1) is 6.10 Å². The zero-order chi connectivity index (χ0) is 13.0. The SMILES string of the molecule is CC1OCCC1(C)NCc1ccccc1CCN. The lowest BCUT2D eigenvalue weighted by atomic mass is 9.94. The second-order valence-electron chi connectivity index (χ2n) is 5.34. The van der Waals surface area contributed by atoms with Crippen LogP contribution in [0.3, 0.4) is 0 Å². The smallest absolute Gasteiger partial charge is 0.0726 e. The van der Waals surface area contributed by atoms with E-state index in [0.29, 0.717) is 6.54 Å². The molecule has 2 rings (SSSR count). The number of ether oxygens (including phenoxy) is 1. The van der Waals surface area contributed by atoms with Crippen LogP contribution >= 0.6 is 0 Å². The number of benzene rings is 1. The van der Waals surface area contributed by atoms with Crippen molar-refractivity contribution in [2.24, 2.45) is 5.73 Å². The topological polar surface area (TPSA) is 47.3 Å². The number of hydrogen-bond acceptors (Lipinski definition) is 3. The van der Waals surface area contributed by atoms with E-state index in [-0.39, 0.29) is 11.6 Å². The van der Waals surface area contributed by atoms with Crippen LogP contribution in [0.1, 0.15) is 31.4 Å². The largest absolute Gasteiger partial charge is 0.377 e. The van der Waals surface area contributed by atoms with Crippen LogP contribution in [0.4, 0.5) is 0 Å². The quantitative estimate of drug-likeness (QED) is 0.836. The molecule has 1 aliphatic heterocycles. The lowest BCUT2D eigenvalue weighted by molar-refractivity contribution is 0.0881. The Morgan fingerprint density at radius 2 is 2.11 bits per heavy atom. The zero-order valence-electron chi connectivity index (χ0n) is 11.4. The zero-order valence-corrected chi connectivity index (χ0v) is 11.4. The lowest BCUT2D eigenvalue weighted by Crippen LogP contribution is -2.47. The minimum Gasteiger partial charge on any atom is -0.377 e. The summed E-state index contributed by atoms with van der Waals surface area (Å²) in [6.07, 6.45) is 2.30. The van der Waals surface area contributed by atoms with E-state index in [1.54, 1.807) is 0 Å². The first-order chi connectivity index (χ1) is 8.65. The Labute approximate surface area is 110 Å². The number of rotatable bonds is 5. The first-order valence-electron chi connectivity index (χ1n) is 6.79. The molecule has 0 saturated carbocycles. The van der Waals surface area contributed by atoms with Gasteiger partial charge in [-0.05, 0) is 44.4 Å². The van der Waals surface area contributed by atoms with Crippen LogP contribution in [0, 0.1) is 0 Å². The van der Waals surface area contributed by atoms with Gasteiger partial charge in [0.2, 0.25) is 0 Å². The minimum absolute atomic E-state index is 0.0931. The monoisotopic (exact) mass is 248 g/mol. The second-order valence-corrected chi connectivity index (χ2v) is 5.34. The summed E-state index contributed by atoms with van der Waals surface area (Å²) in [5, 5.41) is 3.66. The third-order valence-corrected chi connectivity index (χ3v) is 4.10. The highest BCUT2D eigenvalue weighted by Crippen LogP contribution is 2.25. The molecule has 1 saturated heterocycles. The van der Waals surface area contributed by atoms with Crippen molar-refractivity contribution >= 4 is 0 Å². The Morgan fingerprint density at radius 3 is 2.72 bits per heavy atom. The van der Waals surface area contributed by atoms with Gasteiger partial charge in [-0.3, -0.25) is 0 Å². The lowest BCUT2D eigenvalue weighted by Gasteiger charge is -2.29. The molecule has 3 heteroatoms. The average Bonchev–Trinajstić information content (AvgIpc) is 2.70. The van der Waals surface area contributed by atoms with Crippen LogP contribution in [0.2, 0.25) is 0 Å². The molecule has 0 aliphatic carbocycles. The summed E-state index contributed by atoms with van der Waals surface area (Å²) in [6, 6.07) is 8.52. The molecule has 1 aromatic carbocycles. The van der Waals surface area contributed by atoms with Crippen LogP contribution in [0.15, 0.2) is 24.3 Å². The maximum atomic E-state index is 5.66. The Kier molecular flexibility index (Phi) is 4.38. The van der Waals surface area contributed by atoms with Gasteiger partial charge in [0.15, 0.2) is 0 Å². The van der Waals surface area contributed by atoms with Gasteiger partial charge in [0.25, 0.3) is 0 Å². The molecule has 2 unspecified atom stereocenters. The summed E-state index contributed by atoms with van der Waals surface area (Å²) < 4.78 is 5.65. The minimum atomic E-state index is 0.0931. The van der Waals surface area contributed by atoms with Crippen LogP contribution in [-0.4, -0.2) is 24.8 Å². The van der Waals surface area contributed by atoms with Crippen molar-refractivity contribution in [1.29, 1.82) is 0 Å². The first-order valence-corrected chi connectivity index (χ1v) is 6.79. The molecule has 0 radical (unpaired) electrons. The van der Waals surface area contributed by atoms with E-state index in [0.717, 1.165) is 26.0 Å². The molecule has 1 aliphatic rings. The predicted octanol–water partition coefficient (Wildman–Crippen LogP) is 1.84. The van der Waals surface area contributed by atoms with Gasteiger partial charge in [-0.1, -0.05) is 24.3 Å². The van der Waals surface area contributed by atoms with E-state index < -0.39 is 0 Å². The maximum Gasteiger partial charge on any atom is 0.0726 e. The molecule has 3 nitrogen and oxygen atoms in total. The highest BCUT2D eigenvalue weighted by molar-refractivity contribution is 5.27. The van der Waals surface area contributed by atoms with Crippen LogP contribution < -0.4 is 11.1 Å². The molecular weight excluding hydrogens is 224 g/mol. The molecule has 3 N–H and O–H groups in total. The van der Waals surface area contributed by atoms with Crippen molar-refractivity contribution in [1.82, 2.24) is 5.32 Å². The van der Waals surface area contributed by atoms with E-state index in [9.17, 15) is 0 Å². The summed E-state index contributed by atoms with van der Waals surface area (Å²) in [5.74, 6) is 0. The molecule has 18 heavy (non-hydrogen) atoms. The molecular formula is C15H24N2O. The predicted molar refractivity (Wildman–Crippen MR) is 74.5 cm³/mol. The Balaban J connectivity index is 2.01. The Bertz CT molecular complexity index is 394. The summed E-state index contributed by atoms with van der Waals surface area (Å²) in [6.45, 7) is 6.84. The fraction of sp³-hybridized carbons (Fsp3) is 0.600.